The van der Waals surface area contributed by atoms with Crippen LogP contribution >= 0.6 is 22.6 Å². The van der Waals surface area contributed by atoms with Crippen LogP contribution in [-0.2, 0) is 6.61 Å². The van der Waals surface area contributed by atoms with Gasteiger partial charge in [0, 0.05) is 0 Å². The summed E-state index contributed by atoms with van der Waals surface area (Å²) in [6, 6.07) is 13.9. The Kier molecular flexibility index (Phi) is 5.07. The molecule has 0 aliphatic carbocycles. The van der Waals surface area contributed by atoms with Crippen LogP contribution in [0.4, 0.5) is 5.69 Å². The van der Waals surface area contributed by atoms with Crippen molar-refractivity contribution in [2.45, 2.75) is 26.4 Å². The number of nitrogens with zero attached hydrogens (tertiary/aromatic N) is 1. The largest absolute Gasteiger partial charge is 0.486 e. The Morgan fingerprint density at radius 2 is 1.90 bits per heavy atom. The zero-order chi connectivity index (χ0) is 15.4. The van der Waals surface area contributed by atoms with Gasteiger partial charge in [0.2, 0.25) is 0 Å². The molecule has 0 amide bonds. The van der Waals surface area contributed by atoms with E-state index in [1.54, 1.807) is 12.1 Å². The maximum absolute atomic E-state index is 8.91. The molecule has 0 heterocycles. The normalized spacial score (nSPS) is 10.4. The number of rotatable bonds is 4. The molecule has 0 unspecified atom stereocenters. The summed E-state index contributed by atoms with van der Waals surface area (Å²) >= 11 is 2.14. The molecule has 0 saturated carbocycles. The summed E-state index contributed by atoms with van der Waals surface area (Å²) in [4.78, 5) is 0. The molecule has 0 bridgehead atoms. The lowest BCUT2D eigenvalue weighted by molar-refractivity contribution is 0.305. The van der Waals surface area contributed by atoms with E-state index in [2.05, 4.69) is 66.8 Å². The summed E-state index contributed by atoms with van der Waals surface area (Å²) in [5.74, 6) is 1.16. The molecule has 2 N–H and O–H groups in total. The van der Waals surface area contributed by atoms with Gasteiger partial charge in [-0.3, -0.25) is 0 Å². The molecule has 0 fully saturated rings. The molecule has 0 aromatic heterocycles. The standard InChI is InChI=1S/C17H17IN2O/c1-11(2)14-5-3-12(4-6-14)10-21-17-15(18)7-13(9-19)8-16(17)20/h3-8,11H,10,20H2,1-2H3. The molecular formula is C17H17IN2O. The third kappa shape index (κ3) is 3.88. The number of nitrogens with two attached hydrogens (primary N) is 1. The van der Waals surface area contributed by atoms with E-state index in [-0.39, 0.29) is 0 Å². The first kappa shape index (κ1) is 15.6. The van der Waals surface area contributed by atoms with E-state index in [9.17, 15) is 0 Å². The molecule has 2 aromatic rings. The van der Waals surface area contributed by atoms with E-state index >= 15 is 0 Å². The third-order valence-electron chi connectivity index (χ3n) is 3.23. The number of hydrogen-bond donors (Lipinski definition) is 1. The first-order valence-corrected chi connectivity index (χ1v) is 7.80. The van der Waals surface area contributed by atoms with Crippen LogP contribution < -0.4 is 10.5 Å². The van der Waals surface area contributed by atoms with Crippen LogP contribution in [0.1, 0.15) is 36.5 Å². The molecule has 108 valence electrons. The Bertz CT molecular complexity index is 649. The average molecular weight is 392 g/mol. The van der Waals surface area contributed by atoms with Crippen molar-refractivity contribution in [3.63, 3.8) is 0 Å². The third-order valence-corrected chi connectivity index (χ3v) is 4.03. The molecule has 0 aliphatic heterocycles. The molecule has 2 rings (SSSR count). The van der Waals surface area contributed by atoms with Crippen molar-refractivity contribution < 1.29 is 4.74 Å². The monoisotopic (exact) mass is 392 g/mol. The highest BCUT2D eigenvalue weighted by Gasteiger charge is 2.09. The molecule has 21 heavy (non-hydrogen) atoms. The van der Waals surface area contributed by atoms with Crippen LogP contribution in [0.25, 0.3) is 0 Å². The van der Waals surface area contributed by atoms with Gasteiger partial charge in [-0.05, 0) is 51.8 Å². The second kappa shape index (κ2) is 6.81. The predicted molar refractivity (Wildman–Crippen MR) is 93.1 cm³/mol. The van der Waals surface area contributed by atoms with Crippen LogP contribution in [0.2, 0.25) is 0 Å². The Morgan fingerprint density at radius 1 is 1.24 bits per heavy atom. The second-order valence-electron chi connectivity index (χ2n) is 5.17. The molecule has 4 heteroatoms. The quantitative estimate of drug-likeness (QED) is 0.618. The molecule has 3 nitrogen and oxygen atoms in total. The summed E-state index contributed by atoms with van der Waals surface area (Å²) in [6.45, 7) is 4.81. The number of halogens is 1. The van der Waals surface area contributed by atoms with Crippen molar-refractivity contribution >= 4 is 28.3 Å². The van der Waals surface area contributed by atoms with Gasteiger partial charge in [0.05, 0.1) is 20.9 Å². The van der Waals surface area contributed by atoms with Crippen LogP contribution in [-0.4, -0.2) is 0 Å². The number of anilines is 1. The SMILES string of the molecule is CC(C)c1ccc(COc2c(N)cc(C#N)cc2I)cc1. The van der Waals surface area contributed by atoms with Crippen molar-refractivity contribution in [1.29, 1.82) is 5.26 Å². The van der Waals surface area contributed by atoms with Gasteiger partial charge in [-0.15, -0.1) is 0 Å². The second-order valence-corrected chi connectivity index (χ2v) is 6.34. The summed E-state index contributed by atoms with van der Waals surface area (Å²) < 4.78 is 6.66. The van der Waals surface area contributed by atoms with Crippen molar-refractivity contribution in [2.24, 2.45) is 0 Å². The van der Waals surface area contributed by atoms with Gasteiger partial charge < -0.3 is 10.5 Å². The molecule has 0 saturated heterocycles. The number of hydrogen-bond acceptors (Lipinski definition) is 3. The lowest BCUT2D eigenvalue weighted by Gasteiger charge is -2.12. The number of ether oxygens (including phenoxy) is 1. The fraction of sp³-hybridized carbons (Fsp3) is 0.235. The molecular weight excluding hydrogens is 375 g/mol. The van der Waals surface area contributed by atoms with Crippen LogP contribution in [0, 0.1) is 14.9 Å². The number of benzene rings is 2. The van der Waals surface area contributed by atoms with E-state index in [0.717, 1.165) is 9.13 Å². The first-order valence-electron chi connectivity index (χ1n) is 6.72. The Balaban J connectivity index is 2.11. The smallest absolute Gasteiger partial charge is 0.156 e. The molecule has 0 atom stereocenters. The predicted octanol–water partition coefficient (Wildman–Crippen LogP) is 4.45. The van der Waals surface area contributed by atoms with Crippen molar-refractivity contribution in [1.82, 2.24) is 0 Å². The fourth-order valence-electron chi connectivity index (χ4n) is 1.99. The van der Waals surface area contributed by atoms with E-state index in [0.29, 0.717) is 29.5 Å². The maximum atomic E-state index is 8.91. The zero-order valence-corrected chi connectivity index (χ0v) is 14.2. The highest BCUT2D eigenvalue weighted by molar-refractivity contribution is 14.1. The summed E-state index contributed by atoms with van der Waals surface area (Å²) in [5.41, 5.74) is 9.40. The molecule has 2 aromatic carbocycles. The highest BCUT2D eigenvalue weighted by Crippen LogP contribution is 2.30. The minimum atomic E-state index is 0.463. The van der Waals surface area contributed by atoms with Crippen molar-refractivity contribution in [2.75, 3.05) is 5.73 Å². The minimum absolute atomic E-state index is 0.463. The lowest BCUT2D eigenvalue weighted by Crippen LogP contribution is -2.01. The average Bonchev–Trinajstić information content (AvgIpc) is 2.46. The van der Waals surface area contributed by atoms with Gasteiger partial charge in [-0.25, -0.2) is 0 Å². The fourth-order valence-corrected chi connectivity index (χ4v) is 2.79. The van der Waals surface area contributed by atoms with Gasteiger partial charge in [-0.1, -0.05) is 38.1 Å². The van der Waals surface area contributed by atoms with Gasteiger partial charge in [0.15, 0.2) is 5.75 Å². The summed E-state index contributed by atoms with van der Waals surface area (Å²) in [5, 5.41) is 8.91. The summed E-state index contributed by atoms with van der Waals surface area (Å²) in [7, 11) is 0. The highest BCUT2D eigenvalue weighted by atomic mass is 127. The topological polar surface area (TPSA) is 59.0 Å². The van der Waals surface area contributed by atoms with Crippen LogP contribution in [0.15, 0.2) is 36.4 Å². The van der Waals surface area contributed by atoms with Gasteiger partial charge >= 0.3 is 0 Å². The van der Waals surface area contributed by atoms with Gasteiger partial charge in [0.1, 0.15) is 6.61 Å². The van der Waals surface area contributed by atoms with Gasteiger partial charge in [0.25, 0.3) is 0 Å². The molecule has 0 radical (unpaired) electrons. The van der Waals surface area contributed by atoms with E-state index in [4.69, 9.17) is 15.7 Å². The van der Waals surface area contributed by atoms with Crippen molar-refractivity contribution in [3.05, 3.63) is 56.7 Å². The maximum Gasteiger partial charge on any atom is 0.156 e. The summed E-state index contributed by atoms with van der Waals surface area (Å²) in [6.07, 6.45) is 0. The Hall–Kier alpha value is -1.74. The van der Waals surface area contributed by atoms with Crippen molar-refractivity contribution in [3.8, 4) is 11.8 Å². The number of nitrogen functional groups attached to an aromatic ring is 1. The van der Waals surface area contributed by atoms with E-state index in [1.165, 1.54) is 5.56 Å². The van der Waals surface area contributed by atoms with E-state index < -0.39 is 0 Å². The van der Waals surface area contributed by atoms with Crippen LogP contribution in [0.5, 0.6) is 5.75 Å². The van der Waals surface area contributed by atoms with Gasteiger partial charge in [-0.2, -0.15) is 5.26 Å². The Labute approximate surface area is 138 Å². The van der Waals surface area contributed by atoms with Crippen LogP contribution in [0.3, 0.4) is 0 Å². The number of nitriles is 1. The first-order chi connectivity index (χ1) is 10.0. The molecule has 0 aliphatic rings. The Morgan fingerprint density at radius 3 is 2.43 bits per heavy atom. The lowest BCUT2D eigenvalue weighted by atomic mass is 10.0. The zero-order valence-electron chi connectivity index (χ0n) is 12.1. The van der Waals surface area contributed by atoms with E-state index in [1.807, 2.05) is 0 Å². The molecule has 0 spiro atoms. The minimum Gasteiger partial charge on any atom is -0.486 e.